The van der Waals surface area contributed by atoms with E-state index in [0.29, 0.717) is 137 Å². The number of nitrogens with zero attached hydrogens (tertiary/aromatic N) is 4. The maximum Gasteiger partial charge on any atom is -0.358 e. The van der Waals surface area contributed by atoms with E-state index < -0.39 is 44.8 Å². The van der Waals surface area contributed by atoms with Gasteiger partial charge in [-0.1, -0.05) is 142 Å². The van der Waals surface area contributed by atoms with E-state index in [2.05, 4.69) is 142 Å². The van der Waals surface area contributed by atoms with E-state index in [4.69, 9.17) is 67.9 Å². The zero-order chi connectivity index (χ0) is 112. The number of hydrogen-bond donors (Lipinski definition) is 8. The molecule has 7 amide bonds. The first-order valence-electron chi connectivity index (χ1n) is 49.4. The molecule has 0 fully saturated rings. The minimum absolute atomic E-state index is 0. The molecule has 0 radical (unpaired) electrons. The number of alkyl carbamates (subject to hydrolysis) is 1. The average Bonchev–Trinajstić information content (AvgIpc) is 0.876. The molecule has 9 N–H and O–H groups in total. The molecule has 0 bridgehead atoms. The van der Waals surface area contributed by atoms with Crippen LogP contribution < -0.4 is 74.9 Å². The Labute approximate surface area is 901 Å². The number of unbranched alkanes of at least 4 members (excludes halogenated alkanes) is 9. The van der Waals surface area contributed by atoms with E-state index in [9.17, 15) is 73.3 Å². The van der Waals surface area contributed by atoms with Gasteiger partial charge >= 0.3 is 64.2 Å². The van der Waals surface area contributed by atoms with Crippen molar-refractivity contribution in [2.75, 3.05) is 68.7 Å². The predicted octanol–water partition coefficient (Wildman–Crippen LogP) is 23.0. The summed E-state index contributed by atoms with van der Waals surface area (Å²) in [7, 11) is 9.16. The summed E-state index contributed by atoms with van der Waals surface area (Å²) in [5, 5.41) is 44.7. The number of carbonyl (C=O) groups is 10. The van der Waals surface area contributed by atoms with E-state index in [1.165, 1.54) is 86.8 Å². The van der Waals surface area contributed by atoms with Crippen LogP contribution in [0.25, 0.3) is 0 Å². The summed E-state index contributed by atoms with van der Waals surface area (Å²) in [4.78, 5) is 140. The van der Waals surface area contributed by atoms with Gasteiger partial charge < -0.3 is 107 Å². The Balaban J connectivity index is 0. The number of esters is 1. The number of allylic oxidation sites excluding steroid dienone is 8. The largest absolute Gasteiger partial charge is 0.358 e. The standard InChI is InChI=1S/C28H44N2O6.C25H30N2O7.C22H35N3O4.C18H27NO3.C9H19NO2.C7H4ClNO4.CH3.AtHO/c1-21(2)13-10-8-9-11-14-25(31)29-20-22-16-17-23(24(19-22)34-7)35-27(33)30(6)18-12-15-26(32)36-28(3,4)5;1-18(2)8-6-4-5-7-9-24(28)26-17-19-10-15-22(23(16-19)32-3)34-25(29)33-21-13-11-20(12-14-21)27(30)31;1-17(2)9-7-5-6-8-10-21(26)24-16-18-11-12-19(20(15-18)28-4)29-22(27)25(3)14-13-23;1-14(2)8-6-4-5-7-9-18(21)19-13-15-10-11-16(20)17(12-15)22-3;1-5-6-7-10-8(11)12-9(2,3)4;8-7(10)13-6-3-1-5(2-4-6)9(11)12;;1-2/h10,13,16-17,19,21H,8-9,11-12,14-15,18,20H2,1-7H3,(H,29,31);6,8,10-16,18H,4-5,7,9,17H2,1-3H3,(H,26,28);7,9,11-12,15,17H,5-6,8,10,13-14,16,23H2,1-4H3,(H,24,26);6,8,10-12,14,20H,4-5,7,9,13H2,1-3H3,(H,19,21);5-7H2,1-4H3,(H,10,11);1-4H;1H3;2H/q;;;;;;-1;/b13-10+;8-6+;9-7+;8-6+;;;;. The van der Waals surface area contributed by atoms with E-state index in [0.717, 1.165) is 137 Å². The summed E-state index contributed by atoms with van der Waals surface area (Å²) in [6, 6.07) is 30.4. The number of nitro groups is 2. The summed E-state index contributed by atoms with van der Waals surface area (Å²) in [5.41, 5.74) is 6.74. The van der Waals surface area contributed by atoms with Gasteiger partial charge in [-0.05, 0) is 250 Å². The van der Waals surface area contributed by atoms with Crippen LogP contribution in [-0.2, 0) is 59.6 Å². The van der Waals surface area contributed by atoms with E-state index in [1.54, 1.807) is 86.9 Å². The molecule has 6 aromatic rings. The molecule has 0 unspecified atom stereocenters. The Morgan fingerprint density at radius 1 is 0.416 bits per heavy atom. The average molecular weight is 2300 g/mol. The number of carbonyl (C=O) groups excluding carboxylic acids is 10. The second kappa shape index (κ2) is 81.1. The summed E-state index contributed by atoms with van der Waals surface area (Å²) < 4.78 is 63.9. The van der Waals surface area contributed by atoms with Crippen molar-refractivity contribution in [3.05, 3.63) is 220 Å². The van der Waals surface area contributed by atoms with Gasteiger partial charge in [0.2, 0.25) is 23.6 Å². The molecule has 6 rings (SSSR count). The molecule has 6 aromatic carbocycles. The molecule has 0 saturated carbocycles. The number of nitrogens with one attached hydrogen (secondary N) is 5. The van der Waals surface area contributed by atoms with Gasteiger partial charge in [-0.3, -0.25) is 44.2 Å². The molecule has 0 atom stereocenters. The van der Waals surface area contributed by atoms with Gasteiger partial charge in [0.25, 0.3) is 11.4 Å². The van der Waals surface area contributed by atoms with E-state index >= 15 is 0 Å². The smallest absolute Gasteiger partial charge is 0.358 e. The van der Waals surface area contributed by atoms with Crippen LogP contribution in [0.1, 0.15) is 255 Å². The topological polar surface area (TPSA) is 492 Å². The number of ether oxygens (including phenoxy) is 11. The SMILES string of the molecule is CCCCNC(=O)OC(C)(C)C.COc1cc(CNC(=O)CCCC/C=C/C(C)C)ccc1O.COc1cc(CNC(=O)CCCC/C=C/C(C)C)ccc1OC(=O)N(C)CCCC(=O)OC(C)(C)C.COc1cc(CNC(=O)CCCC/C=C/C(C)C)ccc1OC(=O)N(C)CCN.COc1cc(CNC(=O)CCCC/C=C/C(C)C)ccc1OC(=O)Oc1ccc([N+](=O)[O-])cc1.O=C(Cl)Oc1ccc([N+](=O)[O-])cc1.O[At].[CH3-]. The molecule has 0 aromatic heterocycles. The number of methoxy groups -OCH3 is 4. The van der Waals surface area contributed by atoms with Crippen molar-refractivity contribution < 1.29 is 143 Å². The number of rotatable bonds is 52. The van der Waals surface area contributed by atoms with Crippen LogP contribution in [0.2, 0.25) is 0 Å². The Hall–Kier alpha value is -12.9. The number of phenolic OH excluding ortho intramolecular Hbond substituents is 1. The van der Waals surface area contributed by atoms with Gasteiger partial charge in [0, 0.05) is 134 Å². The fourth-order valence-electron chi connectivity index (χ4n) is 12.2. The Morgan fingerprint density at radius 2 is 0.732 bits per heavy atom. The van der Waals surface area contributed by atoms with Gasteiger partial charge in [-0.2, -0.15) is 0 Å². The first-order valence-corrected chi connectivity index (χ1v) is 51.1. The van der Waals surface area contributed by atoms with Crippen LogP contribution in [0.3, 0.4) is 0 Å². The molecular formula is C110H163AtClN10O27-. The molecule has 0 aliphatic rings. The number of nitro benzene ring substituents is 2. The minimum Gasteiger partial charge on any atom is -0.358 e. The molecule has 830 valence electrons. The first-order chi connectivity index (χ1) is 70.1. The van der Waals surface area contributed by atoms with Gasteiger partial charge in [-0.25, -0.2) is 24.0 Å². The van der Waals surface area contributed by atoms with Gasteiger partial charge in [0.05, 0.1) is 38.3 Å². The number of phenols is 1. The Bertz CT molecular complexity index is 5040. The second-order valence-corrected chi connectivity index (χ2v) is 37.2. The number of amides is 7. The molecule has 39 heteroatoms. The van der Waals surface area contributed by atoms with Crippen LogP contribution in [0.15, 0.2) is 170 Å². The molecular weight excluding hydrogens is 2140 g/mol. The van der Waals surface area contributed by atoms with Crippen LogP contribution in [0, 0.1) is 76.5 Å². The molecule has 149 heavy (non-hydrogen) atoms. The zero-order valence-corrected chi connectivity index (χ0v) is 94.7. The summed E-state index contributed by atoms with van der Waals surface area (Å²) >= 11 is 5.64. The van der Waals surface area contributed by atoms with Crippen molar-refractivity contribution in [2.24, 2.45) is 29.4 Å². The number of nitrogens with two attached hydrogens (primary N) is 1. The minimum atomic E-state index is -1.02. The zero-order valence-electron chi connectivity index (χ0n) is 91.0. The molecule has 0 saturated heterocycles. The number of aromatic hydroxyl groups is 1. The summed E-state index contributed by atoms with van der Waals surface area (Å²) in [6.45, 7) is 33.6. The van der Waals surface area contributed by atoms with Crippen molar-refractivity contribution in [3.63, 3.8) is 0 Å². The van der Waals surface area contributed by atoms with Gasteiger partial charge in [0.1, 0.15) is 22.7 Å². The van der Waals surface area contributed by atoms with E-state index in [-0.39, 0.29) is 89.7 Å². The predicted molar refractivity (Wildman–Crippen MR) is 575 cm³/mol. The van der Waals surface area contributed by atoms with Crippen molar-refractivity contribution in [3.8, 4) is 57.5 Å². The van der Waals surface area contributed by atoms with Crippen molar-refractivity contribution >= 4 is 82.4 Å². The third-order valence-corrected chi connectivity index (χ3v) is 19.8. The van der Waals surface area contributed by atoms with Crippen molar-refractivity contribution in [1.29, 1.82) is 0 Å². The molecule has 0 aliphatic carbocycles. The third-order valence-electron chi connectivity index (χ3n) is 19.7. The maximum atomic E-state index is 12.5. The Morgan fingerprint density at radius 3 is 1.03 bits per heavy atom. The number of hydrogen-bond acceptors (Lipinski definition) is 28. The summed E-state index contributed by atoms with van der Waals surface area (Å²) in [5.74, 6) is 4.67. The van der Waals surface area contributed by atoms with Gasteiger partial charge in [0.15, 0.2) is 46.0 Å². The van der Waals surface area contributed by atoms with Gasteiger partial charge in [-0.15, -0.1) is 0 Å². The number of non-ortho nitro benzene ring substituents is 2. The molecule has 0 heterocycles. The second-order valence-electron chi connectivity index (χ2n) is 36.9. The normalized spacial score (nSPS) is 10.7. The quantitative estimate of drug-likeness (QED) is 0.00257. The summed E-state index contributed by atoms with van der Waals surface area (Å²) in [6.07, 6.45) is 31.2. The van der Waals surface area contributed by atoms with Crippen LogP contribution >= 0.6 is 11.6 Å². The van der Waals surface area contributed by atoms with Crippen molar-refractivity contribution in [2.45, 2.75) is 270 Å². The maximum absolute atomic E-state index is 12.5. The molecule has 0 aliphatic heterocycles. The fraction of sp³-hybridized carbons (Fsp3) is 0.500. The van der Waals surface area contributed by atoms with E-state index in [1.807, 2.05) is 41.5 Å². The number of benzene rings is 6. The fourth-order valence-corrected chi connectivity index (χ4v) is 12.3. The monoisotopic (exact) mass is 2300 g/mol. The first kappa shape index (κ1) is 138. The van der Waals surface area contributed by atoms with Crippen LogP contribution in [-0.4, -0.2) is 167 Å². The van der Waals surface area contributed by atoms with Crippen molar-refractivity contribution in [1.82, 2.24) is 36.4 Å². The van der Waals surface area contributed by atoms with Crippen LogP contribution in [0.4, 0.5) is 35.3 Å². The Kier molecular flexibility index (Phi) is 75.1. The number of likely N-dealkylation sites (N-methyl/N-ethyl adjacent to an activating group) is 1. The third kappa shape index (κ3) is 71.4. The van der Waals surface area contributed by atoms with Crippen LogP contribution in [0.5, 0.6) is 57.5 Å². The molecule has 0 spiro atoms. The molecule has 37 nitrogen and oxygen atoms in total. The number of halogens is 1.